The molecule has 34 heavy (non-hydrogen) atoms. The van der Waals surface area contributed by atoms with Crippen molar-refractivity contribution in [3.05, 3.63) is 82.0 Å². The van der Waals surface area contributed by atoms with Crippen LogP contribution in [0.3, 0.4) is 0 Å². The molecule has 8 heteroatoms. The van der Waals surface area contributed by atoms with E-state index in [4.69, 9.17) is 18.6 Å². The molecule has 4 rings (SSSR count). The van der Waals surface area contributed by atoms with E-state index in [1.165, 1.54) is 27.5 Å². The Hall–Kier alpha value is -4.33. The molecule has 0 aliphatic rings. The fourth-order valence-electron chi connectivity index (χ4n) is 3.75. The molecule has 174 valence electrons. The van der Waals surface area contributed by atoms with Gasteiger partial charge in [-0.3, -0.25) is 4.79 Å². The number of aromatic nitrogens is 1. The summed E-state index contributed by atoms with van der Waals surface area (Å²) in [4.78, 5) is 30.0. The number of nitrogens with zero attached hydrogens (tertiary/aromatic N) is 1. The molecule has 8 nitrogen and oxygen atoms in total. The van der Waals surface area contributed by atoms with E-state index in [2.05, 4.69) is 10.3 Å². The Morgan fingerprint density at radius 3 is 2.29 bits per heavy atom. The molecular weight excluding hydrogens is 436 g/mol. The van der Waals surface area contributed by atoms with Crippen LogP contribution in [0.2, 0.25) is 0 Å². The highest BCUT2D eigenvalue weighted by Crippen LogP contribution is 2.38. The third-order valence-electron chi connectivity index (χ3n) is 5.42. The molecule has 0 radical (unpaired) electrons. The number of methoxy groups -OCH3 is 3. The van der Waals surface area contributed by atoms with Crippen molar-refractivity contribution < 1.29 is 23.4 Å². The smallest absolute Gasteiger partial charge is 0.363 e. The number of pyridine rings is 1. The van der Waals surface area contributed by atoms with Gasteiger partial charge in [-0.2, -0.15) is 0 Å². The second kappa shape index (κ2) is 9.66. The average molecular weight is 460 g/mol. The summed E-state index contributed by atoms with van der Waals surface area (Å²) in [6.45, 7) is 2.11. The van der Waals surface area contributed by atoms with Crippen molar-refractivity contribution in [3.8, 4) is 28.4 Å². The van der Waals surface area contributed by atoms with E-state index < -0.39 is 11.5 Å². The van der Waals surface area contributed by atoms with Crippen molar-refractivity contribution in [3.63, 3.8) is 0 Å². The van der Waals surface area contributed by atoms with Gasteiger partial charge in [0.2, 0.25) is 11.5 Å². The van der Waals surface area contributed by atoms with Crippen molar-refractivity contribution in [2.24, 2.45) is 0 Å². The third-order valence-corrected chi connectivity index (χ3v) is 5.42. The lowest BCUT2D eigenvalue weighted by molar-refractivity contribution is 0.0920. The van der Waals surface area contributed by atoms with Crippen LogP contribution in [0.5, 0.6) is 17.2 Å². The number of benzene rings is 2. The number of carbonyl (C=O) groups is 1. The Labute approximate surface area is 196 Å². The summed E-state index contributed by atoms with van der Waals surface area (Å²) in [5.74, 6) is 0.772. The minimum atomic E-state index is -0.676. The largest absolute Gasteiger partial charge is 0.493 e. The molecule has 2 aromatic carbocycles. The number of rotatable bonds is 7. The lowest BCUT2D eigenvalue weighted by Crippen LogP contribution is -2.25. The van der Waals surface area contributed by atoms with Crippen LogP contribution in [0.25, 0.3) is 22.0 Å². The molecular formula is C26H24N2O6. The SMILES string of the molecule is COc1cc(CNC(=O)c2oc(=O)c3ncccc3c2-c2ccc(C)cc2)cc(OC)c1OC. The van der Waals surface area contributed by atoms with Crippen molar-refractivity contribution >= 4 is 16.8 Å². The van der Waals surface area contributed by atoms with Crippen LogP contribution in [0.15, 0.2) is 63.9 Å². The summed E-state index contributed by atoms with van der Waals surface area (Å²) in [5.41, 5.74) is 2.51. The second-order valence-corrected chi connectivity index (χ2v) is 7.58. The van der Waals surface area contributed by atoms with Crippen LogP contribution >= 0.6 is 0 Å². The first kappa shape index (κ1) is 22.8. The molecule has 2 aromatic heterocycles. The quantitative estimate of drug-likeness (QED) is 0.443. The van der Waals surface area contributed by atoms with Crippen molar-refractivity contribution in [2.45, 2.75) is 13.5 Å². The topological polar surface area (TPSA) is 99.9 Å². The van der Waals surface area contributed by atoms with Gasteiger partial charge in [-0.05, 0) is 36.2 Å². The van der Waals surface area contributed by atoms with Crippen molar-refractivity contribution in [2.75, 3.05) is 21.3 Å². The van der Waals surface area contributed by atoms with Gasteiger partial charge >= 0.3 is 5.63 Å². The maximum absolute atomic E-state index is 13.3. The molecule has 0 aliphatic carbocycles. The minimum Gasteiger partial charge on any atom is -0.493 e. The Balaban J connectivity index is 1.74. The summed E-state index contributed by atoms with van der Waals surface area (Å²) < 4.78 is 21.6. The van der Waals surface area contributed by atoms with Gasteiger partial charge < -0.3 is 23.9 Å². The zero-order valence-corrected chi connectivity index (χ0v) is 19.3. The van der Waals surface area contributed by atoms with Gasteiger partial charge in [0.25, 0.3) is 5.91 Å². The van der Waals surface area contributed by atoms with E-state index in [9.17, 15) is 9.59 Å². The van der Waals surface area contributed by atoms with E-state index in [0.717, 1.165) is 11.1 Å². The monoisotopic (exact) mass is 460 g/mol. The van der Waals surface area contributed by atoms with Gasteiger partial charge in [0, 0.05) is 23.7 Å². The van der Waals surface area contributed by atoms with E-state index >= 15 is 0 Å². The fourth-order valence-corrected chi connectivity index (χ4v) is 3.75. The molecule has 0 atom stereocenters. The van der Waals surface area contributed by atoms with Gasteiger partial charge in [-0.1, -0.05) is 35.9 Å². The number of hydrogen-bond donors (Lipinski definition) is 1. The third kappa shape index (κ3) is 4.30. The normalized spacial score (nSPS) is 10.7. The highest BCUT2D eigenvalue weighted by Gasteiger charge is 2.22. The van der Waals surface area contributed by atoms with Crippen LogP contribution in [0, 0.1) is 6.92 Å². The lowest BCUT2D eigenvalue weighted by atomic mass is 9.99. The van der Waals surface area contributed by atoms with Crippen molar-refractivity contribution in [1.82, 2.24) is 10.3 Å². The number of carbonyl (C=O) groups excluding carboxylic acids is 1. The summed E-state index contributed by atoms with van der Waals surface area (Å²) in [6, 6.07) is 14.6. The highest BCUT2D eigenvalue weighted by molar-refractivity contribution is 6.06. The molecule has 0 aliphatic heterocycles. The predicted molar refractivity (Wildman–Crippen MR) is 128 cm³/mol. The van der Waals surface area contributed by atoms with E-state index in [0.29, 0.717) is 33.8 Å². The zero-order valence-electron chi connectivity index (χ0n) is 19.3. The molecule has 0 saturated heterocycles. The van der Waals surface area contributed by atoms with Crippen LogP contribution < -0.4 is 25.2 Å². The number of aryl methyl sites for hydroxylation is 1. The van der Waals surface area contributed by atoms with Crippen LogP contribution in [0.1, 0.15) is 21.7 Å². The van der Waals surface area contributed by atoms with E-state index in [1.54, 1.807) is 24.3 Å². The zero-order chi connectivity index (χ0) is 24.2. The summed E-state index contributed by atoms with van der Waals surface area (Å²) in [7, 11) is 4.56. The first-order chi connectivity index (χ1) is 16.5. The van der Waals surface area contributed by atoms with Crippen molar-refractivity contribution in [1.29, 1.82) is 0 Å². The Kier molecular flexibility index (Phi) is 6.49. The second-order valence-electron chi connectivity index (χ2n) is 7.58. The summed E-state index contributed by atoms with van der Waals surface area (Å²) >= 11 is 0. The first-order valence-electron chi connectivity index (χ1n) is 10.5. The molecule has 0 spiro atoms. The predicted octanol–water partition coefficient (Wildman–Crippen LogP) is 4.12. The maximum Gasteiger partial charge on any atom is 0.363 e. The Bertz CT molecular complexity index is 1380. The molecule has 0 unspecified atom stereocenters. The molecule has 0 bridgehead atoms. The van der Waals surface area contributed by atoms with Gasteiger partial charge in [0.05, 0.1) is 21.3 Å². The Morgan fingerprint density at radius 1 is 1.00 bits per heavy atom. The minimum absolute atomic E-state index is 0.0817. The van der Waals surface area contributed by atoms with Crippen LogP contribution in [-0.4, -0.2) is 32.2 Å². The van der Waals surface area contributed by atoms with Crippen LogP contribution in [-0.2, 0) is 6.54 Å². The first-order valence-corrected chi connectivity index (χ1v) is 10.5. The van der Waals surface area contributed by atoms with Gasteiger partial charge in [-0.25, -0.2) is 9.78 Å². The van der Waals surface area contributed by atoms with Crippen LogP contribution in [0.4, 0.5) is 0 Å². The average Bonchev–Trinajstić information content (AvgIpc) is 2.87. The van der Waals surface area contributed by atoms with Gasteiger partial charge in [0.15, 0.2) is 17.0 Å². The molecule has 0 fully saturated rings. The number of ether oxygens (including phenoxy) is 3. The van der Waals surface area contributed by atoms with E-state index in [1.807, 2.05) is 31.2 Å². The molecule has 1 amide bonds. The van der Waals surface area contributed by atoms with Gasteiger partial charge in [0.1, 0.15) is 0 Å². The standard InChI is InChI=1S/C26H24N2O6/c1-15-7-9-17(10-8-15)21-18-6-5-11-27-22(18)26(30)34-24(21)25(29)28-14-16-12-19(31-2)23(33-4)20(13-16)32-3/h5-13H,14H2,1-4H3,(H,28,29). The number of hydrogen-bond acceptors (Lipinski definition) is 7. The fraction of sp³-hybridized carbons (Fsp3) is 0.192. The number of amides is 1. The Morgan fingerprint density at radius 2 is 1.68 bits per heavy atom. The summed E-state index contributed by atoms with van der Waals surface area (Å²) in [6.07, 6.45) is 1.52. The molecule has 1 N–H and O–H groups in total. The molecule has 2 heterocycles. The number of nitrogens with one attached hydrogen (secondary N) is 1. The number of fused-ring (bicyclic) bond motifs is 1. The van der Waals surface area contributed by atoms with Gasteiger partial charge in [-0.15, -0.1) is 0 Å². The molecule has 0 saturated carbocycles. The highest BCUT2D eigenvalue weighted by atomic mass is 16.5. The maximum atomic E-state index is 13.3. The van der Waals surface area contributed by atoms with E-state index in [-0.39, 0.29) is 17.8 Å². The lowest BCUT2D eigenvalue weighted by Gasteiger charge is -2.15. The summed E-state index contributed by atoms with van der Waals surface area (Å²) in [5, 5.41) is 3.37. The molecule has 4 aromatic rings.